The molecule has 176 valence electrons. The third-order valence-corrected chi connectivity index (χ3v) is 5.85. The van der Waals surface area contributed by atoms with E-state index in [1.165, 1.54) is 0 Å². The lowest BCUT2D eigenvalue weighted by molar-refractivity contribution is 0.354. The van der Waals surface area contributed by atoms with E-state index in [9.17, 15) is 0 Å². The third-order valence-electron chi connectivity index (χ3n) is 5.85. The molecule has 5 rings (SSSR count). The van der Waals surface area contributed by atoms with E-state index >= 15 is 0 Å². The zero-order chi connectivity index (χ0) is 24.2. The molecule has 3 heterocycles. The van der Waals surface area contributed by atoms with E-state index in [2.05, 4.69) is 32.3 Å². The first kappa shape index (κ1) is 22.3. The summed E-state index contributed by atoms with van der Waals surface area (Å²) in [4.78, 5) is 9.22. The van der Waals surface area contributed by atoms with E-state index < -0.39 is 0 Å². The van der Waals surface area contributed by atoms with Crippen LogP contribution in [-0.4, -0.2) is 43.7 Å². The van der Waals surface area contributed by atoms with E-state index in [-0.39, 0.29) is 0 Å². The molecular formula is C27H26N6O2. The van der Waals surface area contributed by atoms with Gasteiger partial charge in [-0.15, -0.1) is 0 Å². The Morgan fingerprint density at radius 2 is 1.46 bits per heavy atom. The topological polar surface area (TPSA) is 79.9 Å². The molecule has 0 unspecified atom stereocenters. The van der Waals surface area contributed by atoms with Gasteiger partial charge in [0.25, 0.3) is 0 Å². The van der Waals surface area contributed by atoms with Crippen molar-refractivity contribution in [1.29, 1.82) is 0 Å². The van der Waals surface area contributed by atoms with Crippen LogP contribution in [0.5, 0.6) is 11.5 Å². The molecule has 0 saturated heterocycles. The predicted octanol–water partition coefficient (Wildman–Crippen LogP) is 4.67. The fraction of sp³-hybridized carbons (Fsp3) is 0.185. The van der Waals surface area contributed by atoms with Gasteiger partial charge in [-0.3, -0.25) is 9.36 Å². The van der Waals surface area contributed by atoms with Crippen LogP contribution in [0.1, 0.15) is 5.56 Å². The first-order valence-electron chi connectivity index (χ1n) is 11.3. The van der Waals surface area contributed by atoms with Crippen molar-refractivity contribution in [3.05, 3.63) is 85.2 Å². The molecule has 0 N–H and O–H groups in total. The summed E-state index contributed by atoms with van der Waals surface area (Å²) < 4.78 is 14.4. The molecule has 5 aromatic rings. The monoisotopic (exact) mass is 466 g/mol. The molecular weight excluding hydrogens is 440 g/mol. The molecule has 8 nitrogen and oxygen atoms in total. The Hall–Kier alpha value is -4.46. The molecule has 0 aliphatic rings. The highest BCUT2D eigenvalue weighted by Gasteiger charge is 2.09. The quantitative estimate of drug-likeness (QED) is 0.331. The van der Waals surface area contributed by atoms with Crippen molar-refractivity contribution in [2.45, 2.75) is 13.0 Å². The summed E-state index contributed by atoms with van der Waals surface area (Å²) >= 11 is 0. The average molecular weight is 467 g/mol. The summed E-state index contributed by atoms with van der Waals surface area (Å²) in [6.45, 7) is 0.746. The molecule has 2 aromatic carbocycles. The number of aryl methyl sites for hydroxylation is 3. The van der Waals surface area contributed by atoms with Crippen LogP contribution >= 0.6 is 0 Å². The van der Waals surface area contributed by atoms with Crippen LogP contribution in [0.4, 0.5) is 0 Å². The number of rotatable bonds is 8. The summed E-state index contributed by atoms with van der Waals surface area (Å²) in [6.07, 6.45) is 12.2. The molecule has 0 aliphatic heterocycles. The highest BCUT2D eigenvalue weighted by molar-refractivity contribution is 5.70. The zero-order valence-electron chi connectivity index (χ0n) is 19.9. The van der Waals surface area contributed by atoms with Crippen LogP contribution in [0.2, 0.25) is 0 Å². The minimum atomic E-state index is 0.681. The number of nitrogens with zero attached hydrogens (tertiary/aromatic N) is 6. The SMILES string of the molecule is COc1ccc(CCn2cc(-c3cnc(-c4cccc(-c5cnn(C)c5)c4)nc3)cn2)cc1OC. The van der Waals surface area contributed by atoms with Crippen LogP contribution in [0.3, 0.4) is 0 Å². The van der Waals surface area contributed by atoms with Crippen molar-refractivity contribution in [3.8, 4) is 45.1 Å². The lowest BCUT2D eigenvalue weighted by atomic mass is 10.1. The van der Waals surface area contributed by atoms with Crippen molar-refractivity contribution in [2.24, 2.45) is 7.05 Å². The van der Waals surface area contributed by atoms with Gasteiger partial charge in [0.2, 0.25) is 0 Å². The van der Waals surface area contributed by atoms with Crippen LogP contribution < -0.4 is 9.47 Å². The Bertz CT molecular complexity index is 1440. The zero-order valence-corrected chi connectivity index (χ0v) is 19.9. The van der Waals surface area contributed by atoms with Gasteiger partial charge in [0, 0.05) is 60.6 Å². The van der Waals surface area contributed by atoms with Gasteiger partial charge >= 0.3 is 0 Å². The average Bonchev–Trinajstić information content (AvgIpc) is 3.57. The Balaban J connectivity index is 1.27. The number of aromatic nitrogens is 6. The molecule has 0 amide bonds. The van der Waals surface area contributed by atoms with Gasteiger partial charge in [-0.05, 0) is 35.7 Å². The first-order valence-corrected chi connectivity index (χ1v) is 11.3. The van der Waals surface area contributed by atoms with Crippen LogP contribution in [0.15, 0.2) is 79.6 Å². The van der Waals surface area contributed by atoms with E-state index in [0.717, 1.165) is 57.8 Å². The molecule has 0 aliphatic carbocycles. The number of benzene rings is 2. The van der Waals surface area contributed by atoms with Gasteiger partial charge in [-0.1, -0.05) is 24.3 Å². The summed E-state index contributed by atoms with van der Waals surface area (Å²) in [5, 5.41) is 8.76. The molecule has 35 heavy (non-hydrogen) atoms. The standard InChI is InChI=1S/C27H26N6O2/c1-32-17-23(15-30-32)20-5-4-6-21(12-20)27-28-13-22(14-29-27)24-16-31-33(18-24)10-9-19-7-8-25(34-2)26(11-19)35-3/h4-8,11-18H,9-10H2,1-3H3. The fourth-order valence-electron chi connectivity index (χ4n) is 3.95. The normalized spacial score (nSPS) is 10.9. The Kier molecular flexibility index (Phi) is 6.26. The van der Waals surface area contributed by atoms with Gasteiger partial charge in [0.15, 0.2) is 17.3 Å². The number of hydrogen-bond acceptors (Lipinski definition) is 6. The minimum absolute atomic E-state index is 0.681. The van der Waals surface area contributed by atoms with E-state index in [1.54, 1.807) is 18.9 Å². The van der Waals surface area contributed by atoms with Crippen molar-refractivity contribution < 1.29 is 9.47 Å². The van der Waals surface area contributed by atoms with Gasteiger partial charge in [-0.2, -0.15) is 10.2 Å². The second-order valence-corrected chi connectivity index (χ2v) is 8.21. The van der Waals surface area contributed by atoms with Crippen molar-refractivity contribution in [3.63, 3.8) is 0 Å². The third kappa shape index (κ3) is 4.91. The van der Waals surface area contributed by atoms with Crippen LogP contribution in [-0.2, 0) is 20.0 Å². The molecule has 0 saturated carbocycles. The fourth-order valence-corrected chi connectivity index (χ4v) is 3.95. The summed E-state index contributed by atoms with van der Waals surface area (Å²) in [6, 6.07) is 14.1. The van der Waals surface area contributed by atoms with E-state index in [1.807, 2.05) is 79.2 Å². The second kappa shape index (κ2) is 9.80. The predicted molar refractivity (Wildman–Crippen MR) is 134 cm³/mol. The maximum Gasteiger partial charge on any atom is 0.160 e. The highest BCUT2D eigenvalue weighted by atomic mass is 16.5. The van der Waals surface area contributed by atoms with Crippen LogP contribution in [0, 0.1) is 0 Å². The van der Waals surface area contributed by atoms with E-state index in [4.69, 9.17) is 9.47 Å². The maximum atomic E-state index is 5.40. The summed E-state index contributed by atoms with van der Waals surface area (Å²) in [5.41, 5.74) is 6.16. The minimum Gasteiger partial charge on any atom is -0.493 e. The lowest BCUT2D eigenvalue weighted by Crippen LogP contribution is -2.02. The van der Waals surface area contributed by atoms with Crippen molar-refractivity contribution >= 4 is 0 Å². The largest absolute Gasteiger partial charge is 0.493 e. The number of methoxy groups -OCH3 is 2. The van der Waals surface area contributed by atoms with Gasteiger partial charge in [0.1, 0.15) is 0 Å². The van der Waals surface area contributed by atoms with E-state index in [0.29, 0.717) is 5.82 Å². The molecule has 3 aromatic heterocycles. The Morgan fingerprint density at radius 3 is 2.20 bits per heavy atom. The highest BCUT2D eigenvalue weighted by Crippen LogP contribution is 2.28. The van der Waals surface area contributed by atoms with Crippen molar-refractivity contribution in [1.82, 2.24) is 29.5 Å². The maximum absolute atomic E-state index is 5.40. The van der Waals surface area contributed by atoms with Gasteiger partial charge in [0.05, 0.1) is 26.6 Å². The van der Waals surface area contributed by atoms with Crippen molar-refractivity contribution in [2.75, 3.05) is 14.2 Å². The Labute approximate surface area is 203 Å². The second-order valence-electron chi connectivity index (χ2n) is 8.21. The molecule has 0 spiro atoms. The summed E-state index contributed by atoms with van der Waals surface area (Å²) in [5.74, 6) is 2.14. The van der Waals surface area contributed by atoms with Gasteiger partial charge < -0.3 is 9.47 Å². The first-order chi connectivity index (χ1) is 17.1. The Morgan fingerprint density at radius 1 is 0.714 bits per heavy atom. The number of hydrogen-bond donors (Lipinski definition) is 0. The molecule has 0 atom stereocenters. The summed E-state index contributed by atoms with van der Waals surface area (Å²) in [7, 11) is 5.19. The van der Waals surface area contributed by atoms with Gasteiger partial charge in [-0.25, -0.2) is 9.97 Å². The van der Waals surface area contributed by atoms with Crippen LogP contribution in [0.25, 0.3) is 33.6 Å². The molecule has 8 heteroatoms. The number of ether oxygens (including phenoxy) is 2. The lowest BCUT2D eigenvalue weighted by Gasteiger charge is -2.09. The smallest absolute Gasteiger partial charge is 0.160 e. The molecule has 0 radical (unpaired) electrons. The molecule has 0 fully saturated rings. The molecule has 0 bridgehead atoms.